The lowest BCUT2D eigenvalue weighted by Gasteiger charge is -2.00. The summed E-state index contributed by atoms with van der Waals surface area (Å²) in [4.78, 5) is 18.6. The second-order valence-corrected chi connectivity index (χ2v) is 3.69. The third-order valence-electron chi connectivity index (χ3n) is 2.49. The lowest BCUT2D eigenvalue weighted by molar-refractivity contribution is 0.0684. The van der Waals surface area contributed by atoms with Crippen LogP contribution in [-0.2, 0) is 0 Å². The Bertz CT molecular complexity index is 721. The molecule has 6 nitrogen and oxygen atoms in total. The van der Waals surface area contributed by atoms with Gasteiger partial charge in [-0.15, -0.1) is 5.10 Å². The highest BCUT2D eigenvalue weighted by molar-refractivity contribution is 5.83. The van der Waals surface area contributed by atoms with Gasteiger partial charge in [0.2, 0.25) is 0 Å². The first-order valence-electron chi connectivity index (χ1n) is 5.25. The maximum absolute atomic E-state index is 10.8. The van der Waals surface area contributed by atoms with E-state index in [1.165, 1.54) is 4.52 Å². The van der Waals surface area contributed by atoms with Crippen molar-refractivity contribution < 1.29 is 9.90 Å². The smallest absolute Gasteiger partial charge is 0.375 e. The van der Waals surface area contributed by atoms with E-state index in [4.69, 9.17) is 5.11 Å². The van der Waals surface area contributed by atoms with E-state index in [0.29, 0.717) is 0 Å². The summed E-state index contributed by atoms with van der Waals surface area (Å²) in [5.41, 5.74) is 1.84. The zero-order chi connectivity index (χ0) is 12.5. The van der Waals surface area contributed by atoms with Gasteiger partial charge in [0.25, 0.3) is 11.6 Å². The molecule has 0 atom stereocenters. The number of aromatic carboxylic acids is 1. The molecule has 0 aliphatic carbocycles. The number of carboxylic acids is 1. The summed E-state index contributed by atoms with van der Waals surface area (Å²) in [5.74, 6) is -1.15. The van der Waals surface area contributed by atoms with Crippen LogP contribution >= 0.6 is 0 Å². The van der Waals surface area contributed by atoms with Crippen LogP contribution < -0.4 is 0 Å². The Morgan fingerprint density at radius 1 is 1.17 bits per heavy atom. The Hall–Kier alpha value is -2.76. The predicted molar refractivity (Wildman–Crippen MR) is 63.2 cm³/mol. The molecule has 1 N–H and O–H groups in total. The van der Waals surface area contributed by atoms with Gasteiger partial charge in [0.1, 0.15) is 0 Å². The van der Waals surface area contributed by atoms with Gasteiger partial charge in [-0.1, -0.05) is 30.3 Å². The number of hydrogen-bond acceptors (Lipinski definition) is 4. The van der Waals surface area contributed by atoms with Gasteiger partial charge in [-0.25, -0.2) is 14.3 Å². The number of carbonyl (C=O) groups is 1. The Balaban J connectivity index is 2.14. The lowest BCUT2D eigenvalue weighted by atomic mass is 10.1. The Morgan fingerprint density at radius 2 is 1.94 bits per heavy atom. The van der Waals surface area contributed by atoms with E-state index in [9.17, 15) is 4.79 Å². The van der Waals surface area contributed by atoms with Crippen LogP contribution in [0.2, 0.25) is 0 Å². The molecule has 0 saturated heterocycles. The Labute approximate surface area is 102 Å². The van der Waals surface area contributed by atoms with Crippen LogP contribution in [0.1, 0.15) is 10.6 Å². The van der Waals surface area contributed by atoms with Crippen LogP contribution in [0, 0.1) is 0 Å². The summed E-state index contributed by atoms with van der Waals surface area (Å²) >= 11 is 0. The summed E-state index contributed by atoms with van der Waals surface area (Å²) < 4.78 is 1.37. The first-order valence-corrected chi connectivity index (χ1v) is 5.25. The van der Waals surface area contributed by atoms with Crippen molar-refractivity contribution >= 4 is 11.7 Å². The van der Waals surface area contributed by atoms with Gasteiger partial charge >= 0.3 is 5.97 Å². The normalized spacial score (nSPS) is 10.7. The van der Waals surface area contributed by atoms with Crippen molar-refractivity contribution in [3.05, 3.63) is 48.5 Å². The first kappa shape index (κ1) is 10.4. The lowest BCUT2D eigenvalue weighted by Crippen LogP contribution is -1.99. The summed E-state index contributed by atoms with van der Waals surface area (Å²) in [6, 6.07) is 9.65. The van der Waals surface area contributed by atoms with Crippen molar-refractivity contribution in [2.24, 2.45) is 0 Å². The molecule has 3 rings (SSSR count). The molecule has 0 unspecified atom stereocenters. The van der Waals surface area contributed by atoms with E-state index in [0.717, 1.165) is 11.1 Å². The Kier molecular flexibility index (Phi) is 2.26. The average Bonchev–Trinajstić information content (AvgIpc) is 2.82. The maximum atomic E-state index is 10.8. The summed E-state index contributed by atoms with van der Waals surface area (Å²) in [5, 5.41) is 12.6. The largest absolute Gasteiger partial charge is 0.475 e. The molecule has 2 heterocycles. The number of benzene rings is 1. The number of aromatic nitrogens is 4. The van der Waals surface area contributed by atoms with Crippen molar-refractivity contribution in [3.8, 4) is 11.1 Å². The third-order valence-corrected chi connectivity index (χ3v) is 2.49. The number of carboxylic acid groups (broad SMARTS) is 1. The molecule has 3 aromatic rings. The van der Waals surface area contributed by atoms with E-state index < -0.39 is 5.97 Å². The fraction of sp³-hybridized carbons (Fsp3) is 0. The van der Waals surface area contributed by atoms with Crippen molar-refractivity contribution in [1.82, 2.24) is 19.6 Å². The second kappa shape index (κ2) is 3.92. The zero-order valence-corrected chi connectivity index (χ0v) is 9.19. The molecule has 0 aliphatic heterocycles. The van der Waals surface area contributed by atoms with E-state index in [-0.39, 0.29) is 11.6 Å². The van der Waals surface area contributed by atoms with E-state index in [1.807, 2.05) is 30.3 Å². The molecule has 0 saturated carbocycles. The molecule has 6 heteroatoms. The minimum Gasteiger partial charge on any atom is -0.475 e. The highest BCUT2D eigenvalue weighted by Gasteiger charge is 2.11. The van der Waals surface area contributed by atoms with Gasteiger partial charge in [-0.05, 0) is 5.56 Å². The average molecular weight is 240 g/mol. The fourth-order valence-corrected chi connectivity index (χ4v) is 1.65. The standard InChI is InChI=1S/C12H8N4O2/c17-11(18)10-14-12-13-6-9(7-16(12)15-10)8-4-2-1-3-5-8/h1-7H,(H,17,18). The summed E-state index contributed by atoms with van der Waals surface area (Å²) in [6.45, 7) is 0. The number of fused-ring (bicyclic) bond motifs is 1. The van der Waals surface area contributed by atoms with E-state index in [1.54, 1.807) is 12.4 Å². The van der Waals surface area contributed by atoms with Crippen molar-refractivity contribution in [2.45, 2.75) is 0 Å². The zero-order valence-electron chi connectivity index (χ0n) is 9.19. The highest BCUT2D eigenvalue weighted by Crippen LogP contribution is 2.17. The third kappa shape index (κ3) is 1.69. The number of rotatable bonds is 2. The van der Waals surface area contributed by atoms with Crippen molar-refractivity contribution in [3.63, 3.8) is 0 Å². The van der Waals surface area contributed by atoms with E-state index in [2.05, 4.69) is 15.1 Å². The highest BCUT2D eigenvalue weighted by atomic mass is 16.4. The van der Waals surface area contributed by atoms with Gasteiger partial charge in [0.15, 0.2) is 0 Å². The monoisotopic (exact) mass is 240 g/mol. The van der Waals surface area contributed by atoms with Crippen LogP contribution in [0.4, 0.5) is 0 Å². The quantitative estimate of drug-likeness (QED) is 0.734. The van der Waals surface area contributed by atoms with Gasteiger partial charge in [0, 0.05) is 18.0 Å². The molecule has 1 aromatic carbocycles. The summed E-state index contributed by atoms with van der Waals surface area (Å²) in [7, 11) is 0. The van der Waals surface area contributed by atoms with Gasteiger partial charge < -0.3 is 5.11 Å². The van der Waals surface area contributed by atoms with Crippen LogP contribution in [0.3, 0.4) is 0 Å². The molecule has 0 amide bonds. The number of hydrogen-bond donors (Lipinski definition) is 1. The molecule has 88 valence electrons. The number of nitrogens with zero attached hydrogens (tertiary/aromatic N) is 4. The molecule has 2 aromatic heterocycles. The van der Waals surface area contributed by atoms with Gasteiger partial charge in [0.05, 0.1) is 0 Å². The minimum atomic E-state index is -1.17. The molecule has 0 spiro atoms. The van der Waals surface area contributed by atoms with Crippen molar-refractivity contribution in [2.75, 3.05) is 0 Å². The SMILES string of the molecule is O=C(O)c1nc2ncc(-c3ccccc3)cn2n1. The van der Waals surface area contributed by atoms with Crippen LogP contribution in [0.15, 0.2) is 42.7 Å². The van der Waals surface area contributed by atoms with Gasteiger partial charge in [-0.3, -0.25) is 0 Å². The minimum absolute atomic E-state index is 0.257. The second-order valence-electron chi connectivity index (χ2n) is 3.69. The van der Waals surface area contributed by atoms with E-state index >= 15 is 0 Å². The molecular weight excluding hydrogens is 232 g/mol. The molecule has 0 fully saturated rings. The van der Waals surface area contributed by atoms with Crippen LogP contribution in [0.5, 0.6) is 0 Å². The van der Waals surface area contributed by atoms with Crippen molar-refractivity contribution in [1.29, 1.82) is 0 Å². The molecular formula is C12H8N4O2. The maximum Gasteiger partial charge on any atom is 0.375 e. The summed E-state index contributed by atoms with van der Waals surface area (Å²) in [6.07, 6.45) is 3.35. The van der Waals surface area contributed by atoms with Crippen LogP contribution in [-0.4, -0.2) is 30.7 Å². The fourth-order valence-electron chi connectivity index (χ4n) is 1.65. The predicted octanol–water partition coefficient (Wildman–Crippen LogP) is 1.49. The first-order chi connectivity index (χ1) is 8.74. The van der Waals surface area contributed by atoms with Crippen LogP contribution in [0.25, 0.3) is 16.9 Å². The topological polar surface area (TPSA) is 80.4 Å². The molecule has 0 bridgehead atoms. The molecule has 0 radical (unpaired) electrons. The Morgan fingerprint density at radius 3 is 2.67 bits per heavy atom. The molecule has 18 heavy (non-hydrogen) atoms. The van der Waals surface area contributed by atoms with Gasteiger partial charge in [-0.2, -0.15) is 4.98 Å². The molecule has 0 aliphatic rings.